The van der Waals surface area contributed by atoms with Crippen LogP contribution in [0.2, 0.25) is 5.02 Å². The number of sulfonamides is 1. The molecule has 1 aromatic carbocycles. The molecule has 1 aromatic rings. The molecule has 5 nitrogen and oxygen atoms in total. The SMILES string of the molecule is COCOc1ccc(Cl)cc1S(N)(=O)=O. The number of benzene rings is 1. The molecule has 0 saturated carbocycles. The fourth-order valence-corrected chi connectivity index (χ4v) is 1.88. The van der Waals surface area contributed by atoms with E-state index in [0.29, 0.717) is 0 Å². The summed E-state index contributed by atoms with van der Waals surface area (Å²) in [6.45, 7) is -0.0653. The zero-order valence-electron chi connectivity index (χ0n) is 7.94. The van der Waals surface area contributed by atoms with Crippen molar-refractivity contribution in [2.75, 3.05) is 13.9 Å². The average Bonchev–Trinajstić information content (AvgIpc) is 2.14. The first-order valence-corrected chi connectivity index (χ1v) is 5.81. The molecule has 15 heavy (non-hydrogen) atoms. The number of hydrogen-bond acceptors (Lipinski definition) is 4. The molecule has 0 heterocycles. The van der Waals surface area contributed by atoms with E-state index in [-0.39, 0.29) is 22.5 Å². The summed E-state index contributed by atoms with van der Waals surface area (Å²) >= 11 is 5.65. The van der Waals surface area contributed by atoms with Gasteiger partial charge in [0.1, 0.15) is 10.6 Å². The molecule has 0 aliphatic heterocycles. The number of nitrogens with two attached hydrogens (primary N) is 1. The molecule has 0 atom stereocenters. The van der Waals surface area contributed by atoms with Gasteiger partial charge in [0.05, 0.1) is 0 Å². The van der Waals surface area contributed by atoms with Gasteiger partial charge in [-0.25, -0.2) is 13.6 Å². The Bertz CT molecular complexity index is 446. The minimum atomic E-state index is -3.85. The van der Waals surface area contributed by atoms with Crippen molar-refractivity contribution >= 4 is 21.6 Å². The third-order valence-corrected chi connectivity index (χ3v) is 2.71. The van der Waals surface area contributed by atoms with Crippen molar-refractivity contribution in [2.24, 2.45) is 5.14 Å². The van der Waals surface area contributed by atoms with Gasteiger partial charge in [-0.2, -0.15) is 0 Å². The summed E-state index contributed by atoms with van der Waals surface area (Å²) in [4.78, 5) is -0.160. The van der Waals surface area contributed by atoms with Crippen molar-refractivity contribution in [2.45, 2.75) is 4.90 Å². The van der Waals surface area contributed by atoms with Gasteiger partial charge >= 0.3 is 0 Å². The second-order valence-electron chi connectivity index (χ2n) is 2.69. The smallest absolute Gasteiger partial charge is 0.241 e. The monoisotopic (exact) mass is 251 g/mol. The zero-order chi connectivity index (χ0) is 11.5. The minimum Gasteiger partial charge on any atom is -0.466 e. The van der Waals surface area contributed by atoms with Crippen LogP contribution < -0.4 is 9.88 Å². The molecule has 0 spiro atoms. The van der Waals surface area contributed by atoms with E-state index in [9.17, 15) is 8.42 Å². The molecule has 1 rings (SSSR count). The van der Waals surface area contributed by atoms with Gasteiger partial charge in [-0.05, 0) is 18.2 Å². The first-order chi connectivity index (χ1) is 6.95. The first-order valence-electron chi connectivity index (χ1n) is 3.89. The predicted molar refractivity (Wildman–Crippen MR) is 55.3 cm³/mol. The first kappa shape index (κ1) is 12.3. The molecular weight excluding hydrogens is 242 g/mol. The van der Waals surface area contributed by atoms with E-state index in [2.05, 4.69) is 4.74 Å². The molecule has 84 valence electrons. The number of ether oxygens (including phenoxy) is 2. The molecule has 0 amide bonds. The van der Waals surface area contributed by atoms with Gasteiger partial charge in [0.15, 0.2) is 6.79 Å². The number of primary sulfonamides is 1. The van der Waals surface area contributed by atoms with Crippen molar-refractivity contribution in [3.05, 3.63) is 23.2 Å². The average molecular weight is 252 g/mol. The van der Waals surface area contributed by atoms with Crippen LogP contribution in [0.5, 0.6) is 5.75 Å². The standard InChI is InChI=1S/C8H10ClNO4S/c1-13-5-14-7-3-2-6(9)4-8(7)15(10,11)12/h2-4H,5H2,1H3,(H2,10,11,12). The molecule has 0 aromatic heterocycles. The highest BCUT2D eigenvalue weighted by atomic mass is 35.5. The fourth-order valence-electron chi connectivity index (χ4n) is 0.946. The van der Waals surface area contributed by atoms with Crippen LogP contribution in [0.15, 0.2) is 23.1 Å². The van der Waals surface area contributed by atoms with Crippen LogP contribution in [0, 0.1) is 0 Å². The summed E-state index contributed by atoms with van der Waals surface area (Å²) in [5.41, 5.74) is 0. The van der Waals surface area contributed by atoms with Gasteiger partial charge < -0.3 is 9.47 Å². The van der Waals surface area contributed by atoms with Crippen LogP contribution in [0.4, 0.5) is 0 Å². The Morgan fingerprint density at radius 1 is 1.47 bits per heavy atom. The lowest BCUT2D eigenvalue weighted by Gasteiger charge is -2.09. The fraction of sp³-hybridized carbons (Fsp3) is 0.250. The molecule has 0 aliphatic carbocycles. The lowest BCUT2D eigenvalue weighted by atomic mass is 10.3. The zero-order valence-corrected chi connectivity index (χ0v) is 9.51. The topological polar surface area (TPSA) is 78.6 Å². The van der Waals surface area contributed by atoms with E-state index in [4.69, 9.17) is 21.5 Å². The number of hydrogen-bond donors (Lipinski definition) is 1. The number of halogens is 1. The lowest BCUT2D eigenvalue weighted by molar-refractivity contribution is 0.0490. The molecule has 0 unspecified atom stereocenters. The van der Waals surface area contributed by atoms with Crippen molar-refractivity contribution in [3.8, 4) is 5.75 Å². The largest absolute Gasteiger partial charge is 0.466 e. The molecule has 7 heteroatoms. The number of methoxy groups -OCH3 is 1. The summed E-state index contributed by atoms with van der Waals surface area (Å²) in [5, 5.41) is 5.26. The van der Waals surface area contributed by atoms with Gasteiger partial charge in [0.25, 0.3) is 0 Å². The second kappa shape index (κ2) is 4.80. The third-order valence-electron chi connectivity index (χ3n) is 1.54. The van der Waals surface area contributed by atoms with Crippen LogP contribution in [-0.4, -0.2) is 22.3 Å². The van der Waals surface area contributed by atoms with Gasteiger partial charge in [0, 0.05) is 12.1 Å². The predicted octanol–water partition coefficient (Wildman–Crippen LogP) is 0.970. The van der Waals surface area contributed by atoms with E-state index in [0.717, 1.165) is 0 Å². The van der Waals surface area contributed by atoms with Crippen LogP contribution in [0.1, 0.15) is 0 Å². The van der Waals surface area contributed by atoms with Gasteiger partial charge in [-0.1, -0.05) is 11.6 Å². The second-order valence-corrected chi connectivity index (χ2v) is 4.65. The molecular formula is C8H10ClNO4S. The van der Waals surface area contributed by atoms with Crippen molar-refractivity contribution in [1.29, 1.82) is 0 Å². The summed E-state index contributed by atoms with van der Waals surface area (Å²) in [6, 6.07) is 4.14. The van der Waals surface area contributed by atoms with Crippen LogP contribution >= 0.6 is 11.6 Å². The Hall–Kier alpha value is -0.820. The van der Waals surface area contributed by atoms with E-state index >= 15 is 0 Å². The Labute approximate surface area is 92.8 Å². The van der Waals surface area contributed by atoms with Crippen LogP contribution in [-0.2, 0) is 14.8 Å². The van der Waals surface area contributed by atoms with Gasteiger partial charge in [0.2, 0.25) is 10.0 Å². The summed E-state index contributed by atoms with van der Waals surface area (Å²) in [6.07, 6.45) is 0. The molecule has 0 fully saturated rings. The molecule has 0 saturated heterocycles. The van der Waals surface area contributed by atoms with Gasteiger partial charge in [-0.3, -0.25) is 0 Å². The Morgan fingerprint density at radius 3 is 2.67 bits per heavy atom. The highest BCUT2D eigenvalue weighted by molar-refractivity contribution is 7.89. The maximum atomic E-state index is 11.2. The Balaban J connectivity index is 3.15. The van der Waals surface area contributed by atoms with E-state index in [1.165, 1.54) is 25.3 Å². The Morgan fingerprint density at radius 2 is 2.13 bits per heavy atom. The lowest BCUT2D eigenvalue weighted by Crippen LogP contribution is -2.14. The minimum absolute atomic E-state index is 0.0653. The van der Waals surface area contributed by atoms with E-state index in [1.807, 2.05) is 0 Å². The van der Waals surface area contributed by atoms with E-state index < -0.39 is 10.0 Å². The van der Waals surface area contributed by atoms with E-state index in [1.54, 1.807) is 0 Å². The maximum absolute atomic E-state index is 11.2. The highest BCUT2D eigenvalue weighted by Crippen LogP contribution is 2.26. The van der Waals surface area contributed by atoms with Crippen molar-refractivity contribution < 1.29 is 17.9 Å². The van der Waals surface area contributed by atoms with Gasteiger partial charge in [-0.15, -0.1) is 0 Å². The van der Waals surface area contributed by atoms with Crippen molar-refractivity contribution in [3.63, 3.8) is 0 Å². The molecule has 0 radical (unpaired) electrons. The summed E-state index contributed by atoms with van der Waals surface area (Å²) < 4.78 is 32.0. The number of rotatable bonds is 4. The Kier molecular flexibility index (Phi) is 3.92. The summed E-state index contributed by atoms with van der Waals surface area (Å²) in [5.74, 6) is 0.115. The highest BCUT2D eigenvalue weighted by Gasteiger charge is 2.15. The third kappa shape index (κ3) is 3.35. The molecule has 2 N–H and O–H groups in total. The van der Waals surface area contributed by atoms with Crippen LogP contribution in [0.3, 0.4) is 0 Å². The molecule has 0 aliphatic rings. The normalized spacial score (nSPS) is 11.4. The molecule has 0 bridgehead atoms. The summed E-state index contributed by atoms with van der Waals surface area (Å²) in [7, 11) is -2.43. The maximum Gasteiger partial charge on any atom is 0.241 e. The quantitative estimate of drug-likeness (QED) is 0.809. The van der Waals surface area contributed by atoms with Crippen molar-refractivity contribution in [1.82, 2.24) is 0 Å². The van der Waals surface area contributed by atoms with Crippen LogP contribution in [0.25, 0.3) is 0 Å².